The van der Waals surface area contributed by atoms with Gasteiger partial charge in [-0.3, -0.25) is 0 Å². The fourth-order valence-corrected chi connectivity index (χ4v) is 2.66. The summed E-state index contributed by atoms with van der Waals surface area (Å²) in [6, 6.07) is 0. The molecule has 0 radical (unpaired) electrons. The van der Waals surface area contributed by atoms with Crippen molar-refractivity contribution < 1.29 is 5.11 Å². The van der Waals surface area contributed by atoms with Crippen molar-refractivity contribution in [3.63, 3.8) is 0 Å². The number of aliphatic hydroxyl groups excluding tert-OH is 1. The van der Waals surface area contributed by atoms with E-state index < -0.39 is 0 Å². The highest BCUT2D eigenvalue weighted by Crippen LogP contribution is 2.44. The van der Waals surface area contributed by atoms with Crippen LogP contribution in [-0.2, 0) is 0 Å². The van der Waals surface area contributed by atoms with E-state index in [0.717, 1.165) is 18.3 Å². The predicted molar refractivity (Wildman–Crippen MR) is 56.6 cm³/mol. The normalized spacial score (nSPS) is 34.2. The van der Waals surface area contributed by atoms with E-state index in [0.29, 0.717) is 12.0 Å². The zero-order valence-corrected chi connectivity index (χ0v) is 9.34. The number of aliphatic hydroxyl groups is 1. The average molecular weight is 184 g/mol. The molecule has 0 aromatic carbocycles. The zero-order chi connectivity index (χ0) is 9.90. The minimum absolute atomic E-state index is 0.362. The van der Waals surface area contributed by atoms with Gasteiger partial charge in [0.25, 0.3) is 0 Å². The topological polar surface area (TPSA) is 20.2 Å². The van der Waals surface area contributed by atoms with Gasteiger partial charge in [-0.2, -0.15) is 0 Å². The van der Waals surface area contributed by atoms with Gasteiger partial charge in [0.05, 0.1) is 0 Å². The highest BCUT2D eigenvalue weighted by molar-refractivity contribution is 4.85. The smallest absolute Gasteiger partial charge is 0.0433 e. The van der Waals surface area contributed by atoms with Crippen LogP contribution in [0, 0.1) is 17.3 Å². The molecule has 0 saturated heterocycles. The van der Waals surface area contributed by atoms with Crippen LogP contribution in [0.4, 0.5) is 0 Å². The minimum Gasteiger partial charge on any atom is -0.396 e. The number of hydrogen-bond donors (Lipinski definition) is 1. The molecule has 1 aliphatic carbocycles. The Balaban J connectivity index is 2.66. The lowest BCUT2D eigenvalue weighted by Crippen LogP contribution is -2.30. The Labute approximate surface area is 82.5 Å². The van der Waals surface area contributed by atoms with Crippen molar-refractivity contribution in [3.8, 4) is 0 Å². The summed E-state index contributed by atoms with van der Waals surface area (Å²) in [6.45, 7) is 7.49. The van der Waals surface area contributed by atoms with E-state index in [4.69, 9.17) is 5.11 Å². The molecule has 78 valence electrons. The second-order valence-corrected chi connectivity index (χ2v) is 5.22. The molecule has 0 aromatic heterocycles. The van der Waals surface area contributed by atoms with E-state index >= 15 is 0 Å². The first-order chi connectivity index (χ1) is 6.09. The van der Waals surface area contributed by atoms with Gasteiger partial charge in [-0.15, -0.1) is 0 Å². The molecule has 1 nitrogen and oxygen atoms in total. The molecule has 0 bridgehead atoms. The van der Waals surface area contributed by atoms with Crippen molar-refractivity contribution in [2.24, 2.45) is 17.3 Å². The molecule has 1 fully saturated rings. The number of rotatable bonds is 2. The van der Waals surface area contributed by atoms with Crippen molar-refractivity contribution >= 4 is 0 Å². The molecule has 0 amide bonds. The molecule has 2 atom stereocenters. The Bertz CT molecular complexity index is 151. The molecule has 13 heavy (non-hydrogen) atoms. The highest BCUT2D eigenvalue weighted by Gasteiger charge is 2.35. The molecule has 0 spiro atoms. The molecule has 0 aromatic rings. The molecule has 1 heteroatoms. The van der Waals surface area contributed by atoms with Gasteiger partial charge >= 0.3 is 0 Å². The summed E-state index contributed by atoms with van der Waals surface area (Å²) >= 11 is 0. The molecule has 0 heterocycles. The first kappa shape index (κ1) is 11.0. The second-order valence-electron chi connectivity index (χ2n) is 5.22. The molecule has 2 unspecified atom stereocenters. The largest absolute Gasteiger partial charge is 0.396 e. The maximum atomic E-state index is 9.03. The third kappa shape index (κ3) is 2.46. The van der Waals surface area contributed by atoms with E-state index in [-0.39, 0.29) is 0 Å². The summed E-state index contributed by atoms with van der Waals surface area (Å²) in [6.07, 6.45) is 6.43. The van der Waals surface area contributed by atoms with Crippen LogP contribution in [0.25, 0.3) is 0 Å². The van der Waals surface area contributed by atoms with E-state index in [2.05, 4.69) is 20.8 Å². The van der Waals surface area contributed by atoms with Crippen molar-refractivity contribution in [3.05, 3.63) is 0 Å². The lowest BCUT2D eigenvalue weighted by atomic mass is 9.68. The monoisotopic (exact) mass is 184 g/mol. The van der Waals surface area contributed by atoms with Gasteiger partial charge in [0, 0.05) is 6.61 Å². The summed E-state index contributed by atoms with van der Waals surface area (Å²) in [4.78, 5) is 0. The molecule has 0 aliphatic heterocycles. The lowest BCUT2D eigenvalue weighted by molar-refractivity contribution is 0.101. The number of hydrogen-bond acceptors (Lipinski definition) is 1. The van der Waals surface area contributed by atoms with Gasteiger partial charge in [-0.1, -0.05) is 40.0 Å². The predicted octanol–water partition coefficient (Wildman–Crippen LogP) is 3.22. The van der Waals surface area contributed by atoms with E-state index in [9.17, 15) is 0 Å². The molecule has 1 N–H and O–H groups in total. The van der Waals surface area contributed by atoms with E-state index in [1.165, 1.54) is 25.7 Å². The van der Waals surface area contributed by atoms with Crippen LogP contribution in [0.5, 0.6) is 0 Å². The zero-order valence-electron chi connectivity index (χ0n) is 9.34. The Kier molecular flexibility index (Phi) is 3.78. The molecular weight excluding hydrogens is 160 g/mol. The summed E-state index contributed by atoms with van der Waals surface area (Å²) in [5.41, 5.74) is 0.430. The van der Waals surface area contributed by atoms with Crippen LogP contribution in [0.15, 0.2) is 0 Å². The maximum absolute atomic E-state index is 9.03. The molecular formula is C12H24O. The van der Waals surface area contributed by atoms with Crippen LogP contribution in [0.2, 0.25) is 0 Å². The Morgan fingerprint density at radius 1 is 1.23 bits per heavy atom. The summed E-state index contributed by atoms with van der Waals surface area (Å²) < 4.78 is 0. The SMILES string of the molecule is CC1CCCCC(CCO)C1(C)C. The third-order valence-corrected chi connectivity index (χ3v) is 4.24. The van der Waals surface area contributed by atoms with E-state index in [1.807, 2.05) is 0 Å². The quantitative estimate of drug-likeness (QED) is 0.653. The van der Waals surface area contributed by atoms with Crippen LogP contribution < -0.4 is 0 Å². The standard InChI is InChI=1S/C12H24O/c1-10-6-4-5-7-11(8-9-13)12(10,2)3/h10-11,13H,4-9H2,1-3H3. The summed E-state index contributed by atoms with van der Waals surface area (Å²) in [5, 5.41) is 9.03. The van der Waals surface area contributed by atoms with Gasteiger partial charge in [-0.25, -0.2) is 0 Å². The Hall–Kier alpha value is -0.0400. The van der Waals surface area contributed by atoms with Crippen molar-refractivity contribution in [2.45, 2.75) is 52.9 Å². The van der Waals surface area contributed by atoms with Crippen LogP contribution in [0.1, 0.15) is 52.9 Å². The minimum atomic E-state index is 0.362. The average Bonchev–Trinajstić information content (AvgIpc) is 2.18. The van der Waals surface area contributed by atoms with Crippen LogP contribution in [-0.4, -0.2) is 11.7 Å². The van der Waals surface area contributed by atoms with Gasteiger partial charge in [0.15, 0.2) is 0 Å². The van der Waals surface area contributed by atoms with Crippen molar-refractivity contribution in [1.29, 1.82) is 0 Å². The fraction of sp³-hybridized carbons (Fsp3) is 1.00. The van der Waals surface area contributed by atoms with Gasteiger partial charge < -0.3 is 5.11 Å². The first-order valence-electron chi connectivity index (χ1n) is 5.70. The van der Waals surface area contributed by atoms with Crippen LogP contribution in [0.3, 0.4) is 0 Å². The van der Waals surface area contributed by atoms with Crippen LogP contribution >= 0.6 is 0 Å². The highest BCUT2D eigenvalue weighted by atomic mass is 16.3. The summed E-state index contributed by atoms with van der Waals surface area (Å²) in [7, 11) is 0. The Morgan fingerprint density at radius 2 is 1.85 bits per heavy atom. The maximum Gasteiger partial charge on any atom is 0.0433 e. The fourth-order valence-electron chi connectivity index (χ4n) is 2.66. The summed E-state index contributed by atoms with van der Waals surface area (Å²) in [5.74, 6) is 1.54. The molecule has 1 saturated carbocycles. The third-order valence-electron chi connectivity index (χ3n) is 4.24. The lowest BCUT2D eigenvalue weighted by Gasteiger charge is -2.37. The Morgan fingerprint density at radius 3 is 2.46 bits per heavy atom. The van der Waals surface area contributed by atoms with Gasteiger partial charge in [0.2, 0.25) is 0 Å². The molecule has 1 rings (SSSR count). The molecule has 1 aliphatic rings. The van der Waals surface area contributed by atoms with Crippen molar-refractivity contribution in [2.75, 3.05) is 6.61 Å². The first-order valence-corrected chi connectivity index (χ1v) is 5.70. The van der Waals surface area contributed by atoms with Gasteiger partial charge in [-0.05, 0) is 30.1 Å². The van der Waals surface area contributed by atoms with Gasteiger partial charge in [0.1, 0.15) is 0 Å². The van der Waals surface area contributed by atoms with E-state index in [1.54, 1.807) is 0 Å². The second kappa shape index (κ2) is 4.45. The van der Waals surface area contributed by atoms with Crippen molar-refractivity contribution in [1.82, 2.24) is 0 Å².